The molecule has 0 aromatic carbocycles. The third-order valence-corrected chi connectivity index (χ3v) is 4.16. The molecule has 0 radical (unpaired) electrons. The maximum Gasteiger partial charge on any atom is 0.241 e. The third kappa shape index (κ3) is 3.91. The number of hydrogen-bond acceptors (Lipinski definition) is 5. The van der Waals surface area contributed by atoms with Crippen LogP contribution in [0.25, 0.3) is 10.2 Å². The van der Waals surface area contributed by atoms with E-state index in [1.54, 1.807) is 17.7 Å². The fourth-order valence-electron chi connectivity index (χ4n) is 2.29. The Kier molecular flexibility index (Phi) is 5.50. The van der Waals surface area contributed by atoms with E-state index in [-0.39, 0.29) is 12.5 Å². The summed E-state index contributed by atoms with van der Waals surface area (Å²) >= 11 is 1.64. The van der Waals surface area contributed by atoms with Gasteiger partial charge in [0, 0.05) is 18.0 Å². The Morgan fingerprint density at radius 1 is 1.29 bits per heavy atom. The SMILES string of the molecule is CCCN(CCC)C(=O)CNc1ncnc2sc(C)cc12. The summed E-state index contributed by atoms with van der Waals surface area (Å²) in [6.45, 7) is 8.12. The average Bonchev–Trinajstić information content (AvgIpc) is 2.85. The van der Waals surface area contributed by atoms with E-state index in [1.807, 2.05) is 11.8 Å². The lowest BCUT2D eigenvalue weighted by molar-refractivity contribution is -0.129. The van der Waals surface area contributed by atoms with Crippen LogP contribution in [0.1, 0.15) is 31.6 Å². The van der Waals surface area contributed by atoms with E-state index in [1.165, 1.54) is 4.88 Å². The van der Waals surface area contributed by atoms with E-state index in [2.05, 4.69) is 35.2 Å². The van der Waals surface area contributed by atoms with Crippen molar-refractivity contribution >= 4 is 33.3 Å². The van der Waals surface area contributed by atoms with Crippen LogP contribution in [0, 0.1) is 6.92 Å². The average molecular weight is 306 g/mol. The fraction of sp³-hybridized carbons (Fsp3) is 0.533. The Morgan fingerprint density at radius 2 is 2.00 bits per heavy atom. The van der Waals surface area contributed by atoms with Gasteiger partial charge in [0.15, 0.2) is 0 Å². The van der Waals surface area contributed by atoms with Gasteiger partial charge in [0.1, 0.15) is 17.0 Å². The molecule has 0 fully saturated rings. The third-order valence-electron chi connectivity index (χ3n) is 3.20. The molecule has 2 aromatic heterocycles. The molecule has 0 aliphatic carbocycles. The molecule has 2 heterocycles. The number of hydrogen-bond donors (Lipinski definition) is 1. The molecule has 1 N–H and O–H groups in total. The van der Waals surface area contributed by atoms with E-state index in [9.17, 15) is 4.79 Å². The van der Waals surface area contributed by atoms with Gasteiger partial charge in [0.05, 0.1) is 11.9 Å². The van der Waals surface area contributed by atoms with Gasteiger partial charge < -0.3 is 10.2 Å². The Balaban J connectivity index is 2.05. The molecular formula is C15H22N4OS. The molecule has 21 heavy (non-hydrogen) atoms. The largest absolute Gasteiger partial charge is 0.360 e. The zero-order chi connectivity index (χ0) is 15.2. The van der Waals surface area contributed by atoms with Crippen molar-refractivity contribution in [2.45, 2.75) is 33.6 Å². The summed E-state index contributed by atoms with van der Waals surface area (Å²) in [4.78, 5) is 24.8. The van der Waals surface area contributed by atoms with Gasteiger partial charge in [-0.3, -0.25) is 4.79 Å². The molecule has 0 saturated heterocycles. The molecule has 0 bridgehead atoms. The van der Waals surface area contributed by atoms with Gasteiger partial charge in [-0.2, -0.15) is 0 Å². The summed E-state index contributed by atoms with van der Waals surface area (Å²) in [5, 5.41) is 4.15. The van der Waals surface area contributed by atoms with Crippen molar-refractivity contribution in [3.63, 3.8) is 0 Å². The van der Waals surface area contributed by atoms with Gasteiger partial charge in [0.25, 0.3) is 0 Å². The van der Waals surface area contributed by atoms with Crippen LogP contribution in [0.5, 0.6) is 0 Å². The van der Waals surface area contributed by atoms with E-state index in [4.69, 9.17) is 0 Å². The van der Waals surface area contributed by atoms with Crippen LogP contribution in [0.3, 0.4) is 0 Å². The molecule has 1 amide bonds. The van der Waals surface area contributed by atoms with Crippen LogP contribution < -0.4 is 5.32 Å². The van der Waals surface area contributed by atoms with Crippen LogP contribution in [0.2, 0.25) is 0 Å². The highest BCUT2D eigenvalue weighted by atomic mass is 32.1. The van der Waals surface area contributed by atoms with Gasteiger partial charge in [-0.25, -0.2) is 9.97 Å². The number of carbonyl (C=O) groups is 1. The van der Waals surface area contributed by atoms with Crippen molar-refractivity contribution in [3.8, 4) is 0 Å². The zero-order valence-corrected chi connectivity index (χ0v) is 13.7. The topological polar surface area (TPSA) is 58.1 Å². The number of nitrogens with one attached hydrogen (secondary N) is 1. The second-order valence-electron chi connectivity index (χ2n) is 5.03. The molecule has 0 spiro atoms. The lowest BCUT2D eigenvalue weighted by atomic mass is 10.3. The van der Waals surface area contributed by atoms with Crippen LogP contribution in [0.15, 0.2) is 12.4 Å². The van der Waals surface area contributed by atoms with Crippen molar-refractivity contribution < 1.29 is 4.79 Å². The van der Waals surface area contributed by atoms with E-state index < -0.39 is 0 Å². The summed E-state index contributed by atoms with van der Waals surface area (Å²) < 4.78 is 0. The highest BCUT2D eigenvalue weighted by Gasteiger charge is 2.13. The highest BCUT2D eigenvalue weighted by molar-refractivity contribution is 7.18. The predicted molar refractivity (Wildman–Crippen MR) is 87.8 cm³/mol. The lowest BCUT2D eigenvalue weighted by Crippen LogP contribution is -2.36. The lowest BCUT2D eigenvalue weighted by Gasteiger charge is -2.21. The van der Waals surface area contributed by atoms with Crippen LogP contribution in [-0.4, -0.2) is 40.4 Å². The smallest absolute Gasteiger partial charge is 0.241 e. The molecular weight excluding hydrogens is 284 g/mol. The first-order valence-electron chi connectivity index (χ1n) is 7.38. The first kappa shape index (κ1) is 15.7. The molecule has 0 unspecified atom stereocenters. The van der Waals surface area contributed by atoms with Gasteiger partial charge in [0.2, 0.25) is 5.91 Å². The van der Waals surface area contributed by atoms with Crippen molar-refractivity contribution in [3.05, 3.63) is 17.3 Å². The molecule has 0 aliphatic rings. The highest BCUT2D eigenvalue weighted by Crippen LogP contribution is 2.27. The maximum atomic E-state index is 12.3. The number of carbonyl (C=O) groups excluding carboxylic acids is 1. The number of nitrogens with zero attached hydrogens (tertiary/aromatic N) is 3. The van der Waals surface area contributed by atoms with E-state index in [0.29, 0.717) is 0 Å². The van der Waals surface area contributed by atoms with Crippen molar-refractivity contribution in [1.29, 1.82) is 0 Å². The molecule has 5 nitrogen and oxygen atoms in total. The maximum absolute atomic E-state index is 12.3. The van der Waals surface area contributed by atoms with Crippen molar-refractivity contribution in [1.82, 2.24) is 14.9 Å². The summed E-state index contributed by atoms with van der Waals surface area (Å²) in [5.74, 6) is 0.864. The number of rotatable bonds is 7. The minimum atomic E-state index is 0.123. The minimum absolute atomic E-state index is 0.123. The molecule has 0 aliphatic heterocycles. The van der Waals surface area contributed by atoms with Gasteiger partial charge >= 0.3 is 0 Å². The number of anilines is 1. The second kappa shape index (κ2) is 7.36. The normalized spacial score (nSPS) is 10.8. The molecule has 2 rings (SSSR count). The Bertz CT molecular complexity index is 605. The summed E-state index contributed by atoms with van der Waals surface area (Å²) in [7, 11) is 0. The molecule has 0 saturated carbocycles. The van der Waals surface area contributed by atoms with Crippen molar-refractivity contribution in [2.24, 2.45) is 0 Å². The standard InChI is InChI=1S/C15H22N4OS/c1-4-6-19(7-5-2)13(20)9-16-14-12-8-11(3)21-15(12)18-10-17-14/h8,10H,4-7,9H2,1-3H3,(H,16,17,18). The zero-order valence-electron chi connectivity index (χ0n) is 12.8. The van der Waals surface area contributed by atoms with E-state index in [0.717, 1.165) is 42.0 Å². The summed E-state index contributed by atoms with van der Waals surface area (Å²) in [6.07, 6.45) is 3.50. The van der Waals surface area contributed by atoms with Crippen LogP contribution >= 0.6 is 11.3 Å². The van der Waals surface area contributed by atoms with Crippen LogP contribution in [-0.2, 0) is 4.79 Å². The fourth-order valence-corrected chi connectivity index (χ4v) is 3.14. The van der Waals surface area contributed by atoms with Crippen LogP contribution in [0.4, 0.5) is 5.82 Å². The molecule has 2 aromatic rings. The van der Waals surface area contributed by atoms with E-state index >= 15 is 0 Å². The Hall–Kier alpha value is -1.69. The Labute approximate surface area is 129 Å². The number of fused-ring (bicyclic) bond motifs is 1. The number of thiophene rings is 1. The summed E-state index contributed by atoms with van der Waals surface area (Å²) in [5.41, 5.74) is 0. The van der Waals surface area contributed by atoms with Gasteiger partial charge in [-0.1, -0.05) is 13.8 Å². The summed E-state index contributed by atoms with van der Waals surface area (Å²) in [6, 6.07) is 2.06. The molecule has 0 atom stereocenters. The predicted octanol–water partition coefficient (Wildman–Crippen LogP) is 3.06. The number of aromatic nitrogens is 2. The molecule has 114 valence electrons. The van der Waals surface area contributed by atoms with Gasteiger partial charge in [-0.15, -0.1) is 11.3 Å². The van der Waals surface area contributed by atoms with Crippen molar-refractivity contribution in [2.75, 3.05) is 25.0 Å². The minimum Gasteiger partial charge on any atom is -0.360 e. The first-order valence-corrected chi connectivity index (χ1v) is 8.20. The number of aryl methyl sites for hydroxylation is 1. The quantitative estimate of drug-likeness (QED) is 0.854. The Morgan fingerprint density at radius 3 is 2.67 bits per heavy atom. The molecule has 6 heteroatoms. The first-order chi connectivity index (χ1) is 10.2. The second-order valence-corrected chi connectivity index (χ2v) is 6.27. The number of amides is 1. The van der Waals surface area contributed by atoms with Gasteiger partial charge in [-0.05, 0) is 25.8 Å². The monoisotopic (exact) mass is 306 g/mol.